The molecule has 1 atom stereocenters. The molecule has 1 fully saturated rings. The third-order valence-corrected chi connectivity index (χ3v) is 7.44. The summed E-state index contributed by atoms with van der Waals surface area (Å²) in [6.45, 7) is 0.135. The molecule has 0 spiro atoms. The van der Waals surface area contributed by atoms with Gasteiger partial charge in [-0.05, 0) is 61.4 Å². The van der Waals surface area contributed by atoms with Crippen molar-refractivity contribution in [2.75, 3.05) is 19.6 Å². The second-order valence-electron chi connectivity index (χ2n) is 8.47. The van der Waals surface area contributed by atoms with Gasteiger partial charge in [-0.3, -0.25) is 9.59 Å². The monoisotopic (exact) mass is 491 g/mol. The fourth-order valence-corrected chi connectivity index (χ4v) is 5.05. The molecule has 1 saturated carbocycles. The molecular formula is C24H30FN3O5S. The Labute approximate surface area is 199 Å². The summed E-state index contributed by atoms with van der Waals surface area (Å²) in [5, 5.41) is 15.3. The van der Waals surface area contributed by atoms with Gasteiger partial charge in [0.1, 0.15) is 5.82 Å². The molecule has 0 heterocycles. The molecule has 2 aromatic rings. The Morgan fingerprint density at radius 1 is 0.971 bits per heavy atom. The van der Waals surface area contributed by atoms with Crippen LogP contribution in [0.4, 0.5) is 4.39 Å². The van der Waals surface area contributed by atoms with E-state index in [4.69, 9.17) is 0 Å². The zero-order valence-electron chi connectivity index (χ0n) is 18.7. The molecule has 8 nitrogen and oxygen atoms in total. The van der Waals surface area contributed by atoms with E-state index in [-0.39, 0.29) is 48.2 Å². The minimum absolute atomic E-state index is 0.0107. The van der Waals surface area contributed by atoms with Gasteiger partial charge in [0.15, 0.2) is 0 Å². The number of carbonyl (C=O) groups is 2. The maximum atomic E-state index is 13.0. The first kappa shape index (κ1) is 25.8. The molecule has 0 unspecified atom stereocenters. The molecule has 2 amide bonds. The maximum absolute atomic E-state index is 13.0. The summed E-state index contributed by atoms with van der Waals surface area (Å²) in [5.41, 5.74) is 0.698. The first-order valence-electron chi connectivity index (χ1n) is 11.3. The van der Waals surface area contributed by atoms with Crippen LogP contribution in [-0.2, 0) is 19.6 Å². The minimum atomic E-state index is -3.71. The molecule has 0 aliphatic heterocycles. The summed E-state index contributed by atoms with van der Waals surface area (Å²) in [5.74, 6) is -1.22. The van der Waals surface area contributed by atoms with Gasteiger partial charge in [-0.1, -0.05) is 30.3 Å². The second-order valence-corrected chi connectivity index (χ2v) is 10.2. The van der Waals surface area contributed by atoms with Crippen LogP contribution in [0.1, 0.15) is 37.4 Å². The molecule has 10 heteroatoms. The van der Waals surface area contributed by atoms with Gasteiger partial charge in [0.2, 0.25) is 21.8 Å². The summed E-state index contributed by atoms with van der Waals surface area (Å²) in [6, 6.07) is 13.6. The van der Waals surface area contributed by atoms with Crippen molar-refractivity contribution in [1.82, 2.24) is 15.4 Å². The minimum Gasteiger partial charge on any atom is -0.387 e. The normalized spacial score (nSPS) is 19.2. The van der Waals surface area contributed by atoms with Crippen molar-refractivity contribution in [3.05, 3.63) is 66.0 Å². The Bertz CT molecular complexity index is 1060. The van der Waals surface area contributed by atoms with E-state index in [1.54, 1.807) is 24.3 Å². The summed E-state index contributed by atoms with van der Waals surface area (Å²) in [6.07, 6.45) is 1.74. The average molecular weight is 492 g/mol. The lowest BCUT2D eigenvalue weighted by atomic mass is 9.81. The van der Waals surface area contributed by atoms with Gasteiger partial charge in [-0.25, -0.2) is 17.5 Å². The number of halogens is 1. The summed E-state index contributed by atoms with van der Waals surface area (Å²) < 4.78 is 40.2. The molecule has 2 aromatic carbocycles. The average Bonchev–Trinajstić information content (AvgIpc) is 2.85. The van der Waals surface area contributed by atoms with E-state index in [1.165, 1.54) is 12.1 Å². The van der Waals surface area contributed by atoms with Crippen LogP contribution in [0.5, 0.6) is 0 Å². The van der Waals surface area contributed by atoms with E-state index in [2.05, 4.69) is 15.4 Å². The van der Waals surface area contributed by atoms with Crippen molar-refractivity contribution < 1.29 is 27.5 Å². The van der Waals surface area contributed by atoms with E-state index in [9.17, 15) is 27.5 Å². The third-order valence-electron chi connectivity index (χ3n) is 6.00. The van der Waals surface area contributed by atoms with Gasteiger partial charge < -0.3 is 15.7 Å². The van der Waals surface area contributed by atoms with Crippen LogP contribution in [0.15, 0.2) is 59.5 Å². The van der Waals surface area contributed by atoms with Gasteiger partial charge >= 0.3 is 0 Å². The van der Waals surface area contributed by atoms with E-state index in [0.717, 1.165) is 12.1 Å². The second kappa shape index (κ2) is 12.0. The molecule has 3 rings (SSSR count). The number of hydrogen-bond donors (Lipinski definition) is 4. The van der Waals surface area contributed by atoms with E-state index in [1.807, 2.05) is 6.07 Å². The van der Waals surface area contributed by atoms with Crippen molar-refractivity contribution in [3.8, 4) is 0 Å². The van der Waals surface area contributed by atoms with Crippen molar-refractivity contribution in [1.29, 1.82) is 0 Å². The molecule has 1 aliphatic carbocycles. The number of benzene rings is 2. The van der Waals surface area contributed by atoms with Crippen molar-refractivity contribution in [3.63, 3.8) is 0 Å². The first-order valence-corrected chi connectivity index (χ1v) is 12.8. The van der Waals surface area contributed by atoms with Gasteiger partial charge in [0, 0.05) is 19.0 Å². The number of aliphatic hydroxyl groups excluding tert-OH is 1. The number of sulfonamides is 1. The lowest BCUT2D eigenvalue weighted by molar-refractivity contribution is -0.129. The van der Waals surface area contributed by atoms with Crippen LogP contribution in [0, 0.1) is 17.7 Å². The Morgan fingerprint density at radius 2 is 1.62 bits per heavy atom. The van der Waals surface area contributed by atoms with Crippen molar-refractivity contribution in [2.45, 2.75) is 36.7 Å². The fraction of sp³-hybridized carbons (Fsp3) is 0.417. The third kappa shape index (κ3) is 7.61. The van der Waals surface area contributed by atoms with E-state index < -0.39 is 21.9 Å². The Hall–Kier alpha value is -2.82. The highest BCUT2D eigenvalue weighted by Crippen LogP contribution is 2.28. The highest BCUT2D eigenvalue weighted by Gasteiger charge is 2.27. The number of rotatable bonds is 10. The summed E-state index contributed by atoms with van der Waals surface area (Å²) in [4.78, 5) is 24.4. The molecule has 184 valence electrons. The Balaban J connectivity index is 1.34. The van der Waals surface area contributed by atoms with Gasteiger partial charge in [0.05, 0.1) is 17.5 Å². The SMILES string of the molecule is O=C(CNC(=O)C1CCC(CNS(=O)(=O)c2ccc(F)cc2)CC1)NC[C@H](O)c1ccccc1. The predicted octanol–water partition coefficient (Wildman–Crippen LogP) is 1.88. The molecule has 0 aromatic heterocycles. The zero-order chi connectivity index (χ0) is 24.6. The fourth-order valence-electron chi connectivity index (χ4n) is 3.93. The largest absolute Gasteiger partial charge is 0.387 e. The molecule has 34 heavy (non-hydrogen) atoms. The predicted molar refractivity (Wildman–Crippen MR) is 124 cm³/mol. The zero-order valence-corrected chi connectivity index (χ0v) is 19.6. The van der Waals surface area contributed by atoms with Gasteiger partial charge in [-0.15, -0.1) is 0 Å². The van der Waals surface area contributed by atoms with Crippen molar-refractivity contribution >= 4 is 21.8 Å². The van der Waals surface area contributed by atoms with Crippen LogP contribution >= 0.6 is 0 Å². The number of nitrogens with one attached hydrogen (secondary N) is 3. The smallest absolute Gasteiger partial charge is 0.240 e. The van der Waals surface area contributed by atoms with Crippen molar-refractivity contribution in [2.24, 2.45) is 11.8 Å². The van der Waals surface area contributed by atoms with Gasteiger partial charge in [-0.2, -0.15) is 0 Å². The van der Waals surface area contributed by atoms with E-state index in [0.29, 0.717) is 31.2 Å². The first-order chi connectivity index (χ1) is 16.2. The number of hydrogen-bond acceptors (Lipinski definition) is 5. The molecule has 4 N–H and O–H groups in total. The molecule has 0 bridgehead atoms. The lowest BCUT2D eigenvalue weighted by Gasteiger charge is -2.27. The topological polar surface area (TPSA) is 125 Å². The quantitative estimate of drug-likeness (QED) is 0.404. The molecule has 1 aliphatic rings. The number of aliphatic hydroxyl groups is 1. The van der Waals surface area contributed by atoms with Crippen LogP contribution in [0.25, 0.3) is 0 Å². The lowest BCUT2D eigenvalue weighted by Crippen LogP contribution is -2.42. The molecule has 0 radical (unpaired) electrons. The van der Waals surface area contributed by atoms with Crippen LogP contribution in [0.3, 0.4) is 0 Å². The van der Waals surface area contributed by atoms with Crippen LogP contribution in [0.2, 0.25) is 0 Å². The highest BCUT2D eigenvalue weighted by molar-refractivity contribution is 7.89. The Morgan fingerprint density at radius 3 is 2.26 bits per heavy atom. The van der Waals surface area contributed by atoms with Crippen LogP contribution < -0.4 is 15.4 Å². The Kier molecular flexibility index (Phi) is 9.14. The maximum Gasteiger partial charge on any atom is 0.240 e. The van der Waals surface area contributed by atoms with Crippen LogP contribution in [-0.4, -0.2) is 45.0 Å². The highest BCUT2D eigenvalue weighted by atomic mass is 32.2. The summed E-state index contributed by atoms with van der Waals surface area (Å²) >= 11 is 0. The summed E-state index contributed by atoms with van der Waals surface area (Å²) in [7, 11) is -3.71. The standard InChI is InChI=1S/C24H30FN3O5S/c25-20-10-12-21(13-11-20)34(32,33)28-14-17-6-8-19(9-7-17)24(31)27-16-23(30)26-15-22(29)18-4-2-1-3-5-18/h1-5,10-13,17,19,22,28-29H,6-9,14-16H2,(H,26,30)(H,27,31)/t17?,19?,22-/m0/s1. The van der Waals surface area contributed by atoms with Gasteiger partial charge in [0.25, 0.3) is 0 Å². The number of carbonyl (C=O) groups excluding carboxylic acids is 2. The number of amides is 2. The van der Waals surface area contributed by atoms with E-state index >= 15 is 0 Å². The molecule has 0 saturated heterocycles. The molecular weight excluding hydrogens is 461 g/mol.